The molecular weight excluding hydrogens is 316 g/mol. The van der Waals surface area contributed by atoms with Crippen molar-refractivity contribution in [2.45, 2.75) is 71.5 Å². The van der Waals surface area contributed by atoms with Crippen LogP contribution in [0.4, 0.5) is 0 Å². The highest BCUT2D eigenvalue weighted by Crippen LogP contribution is 2.66. The van der Waals surface area contributed by atoms with Gasteiger partial charge >= 0.3 is 0 Å². The molecule has 4 nitrogen and oxygen atoms in total. The highest BCUT2D eigenvalue weighted by atomic mass is 16.3. The smallest absolute Gasteiger partial charge is 0.155 e. The van der Waals surface area contributed by atoms with Crippen LogP contribution in [0.25, 0.3) is 0 Å². The highest BCUT2D eigenvalue weighted by molar-refractivity contribution is 5.91. The van der Waals surface area contributed by atoms with E-state index < -0.39 is 17.6 Å². The van der Waals surface area contributed by atoms with Crippen LogP contribution in [0.1, 0.15) is 59.3 Å². The van der Waals surface area contributed by atoms with E-state index in [-0.39, 0.29) is 34.7 Å². The van der Waals surface area contributed by atoms with Crippen LogP contribution in [-0.4, -0.2) is 34.0 Å². The van der Waals surface area contributed by atoms with Crippen LogP contribution in [0.15, 0.2) is 11.6 Å². The summed E-state index contributed by atoms with van der Waals surface area (Å²) in [4.78, 5) is 24.1. The molecule has 0 aromatic heterocycles. The fraction of sp³-hybridized carbons (Fsp3) is 0.810. The van der Waals surface area contributed by atoms with Gasteiger partial charge in [0.2, 0.25) is 0 Å². The van der Waals surface area contributed by atoms with Gasteiger partial charge in [-0.3, -0.25) is 9.59 Å². The van der Waals surface area contributed by atoms with E-state index in [1.54, 1.807) is 6.92 Å². The third-order valence-electron chi connectivity index (χ3n) is 8.55. The number of aliphatic hydroxyl groups excluding tert-OH is 2. The summed E-state index contributed by atoms with van der Waals surface area (Å²) in [5.74, 6) is 0.654. The Hall–Kier alpha value is -1.00. The second-order valence-corrected chi connectivity index (χ2v) is 9.47. The highest BCUT2D eigenvalue weighted by Gasteiger charge is 2.65. The van der Waals surface area contributed by atoms with E-state index in [1.165, 1.54) is 5.57 Å². The van der Waals surface area contributed by atoms with Crippen molar-refractivity contribution in [3.8, 4) is 0 Å². The molecular formula is C21H30O4. The second-order valence-electron chi connectivity index (χ2n) is 9.47. The number of Topliss-reactive ketones (excluding diaryl/α,β-unsaturated/α-hetero) is 1. The third-order valence-corrected chi connectivity index (χ3v) is 8.55. The molecule has 0 heterocycles. The lowest BCUT2D eigenvalue weighted by molar-refractivity contribution is -0.157. The average molecular weight is 346 g/mol. The van der Waals surface area contributed by atoms with Gasteiger partial charge in [0.15, 0.2) is 5.78 Å². The van der Waals surface area contributed by atoms with E-state index in [9.17, 15) is 19.8 Å². The number of fused-ring (bicyclic) bond motifs is 5. The summed E-state index contributed by atoms with van der Waals surface area (Å²) < 4.78 is 0. The van der Waals surface area contributed by atoms with Gasteiger partial charge in [-0.25, -0.2) is 0 Å². The van der Waals surface area contributed by atoms with Gasteiger partial charge in [-0.1, -0.05) is 19.4 Å². The van der Waals surface area contributed by atoms with Gasteiger partial charge in [0.1, 0.15) is 5.78 Å². The number of allylic oxidation sites excluding steroid dienone is 1. The Bertz CT molecular complexity index is 652. The molecule has 0 spiro atoms. The first-order valence-corrected chi connectivity index (χ1v) is 9.80. The lowest BCUT2D eigenvalue weighted by atomic mass is 9.45. The predicted octanol–water partition coefficient (Wildman–Crippen LogP) is 2.67. The fourth-order valence-corrected chi connectivity index (χ4v) is 7.20. The molecule has 25 heavy (non-hydrogen) atoms. The maximum absolute atomic E-state index is 12.2. The van der Waals surface area contributed by atoms with Crippen LogP contribution in [-0.2, 0) is 9.59 Å². The number of ketones is 2. The molecule has 4 rings (SSSR count). The van der Waals surface area contributed by atoms with E-state index in [0.29, 0.717) is 25.2 Å². The normalized spacial score (nSPS) is 52.0. The number of carbonyl (C=O) groups is 2. The first kappa shape index (κ1) is 17.4. The molecule has 0 saturated heterocycles. The van der Waals surface area contributed by atoms with E-state index in [2.05, 4.69) is 6.92 Å². The van der Waals surface area contributed by atoms with Crippen molar-refractivity contribution < 1.29 is 19.8 Å². The summed E-state index contributed by atoms with van der Waals surface area (Å²) in [5.41, 5.74) is 0.679. The Balaban J connectivity index is 1.75. The largest absolute Gasteiger partial charge is 0.393 e. The van der Waals surface area contributed by atoms with Gasteiger partial charge in [-0.15, -0.1) is 0 Å². The van der Waals surface area contributed by atoms with Crippen molar-refractivity contribution in [2.24, 2.45) is 34.5 Å². The maximum Gasteiger partial charge on any atom is 0.155 e. The SMILES string of the molecule is CC(=O)[C@H]1C[C@H](O)[C@@H]2[C@@H]3CCC4=CC(=O)CC[C@]4(C)[C@H]3C[C@@H](O)[C@@]21C. The predicted molar refractivity (Wildman–Crippen MR) is 93.7 cm³/mol. The molecule has 0 amide bonds. The Morgan fingerprint density at radius 2 is 1.92 bits per heavy atom. The van der Waals surface area contributed by atoms with Crippen LogP contribution >= 0.6 is 0 Å². The molecule has 8 atom stereocenters. The summed E-state index contributed by atoms with van der Waals surface area (Å²) >= 11 is 0. The molecule has 0 bridgehead atoms. The molecule has 0 aliphatic heterocycles. The van der Waals surface area contributed by atoms with Gasteiger partial charge in [0, 0.05) is 17.8 Å². The monoisotopic (exact) mass is 346 g/mol. The van der Waals surface area contributed by atoms with Crippen molar-refractivity contribution in [3.05, 3.63) is 11.6 Å². The summed E-state index contributed by atoms with van der Waals surface area (Å²) in [6.07, 6.45) is 5.21. The third kappa shape index (κ3) is 2.19. The molecule has 2 N–H and O–H groups in total. The molecule has 4 heteroatoms. The van der Waals surface area contributed by atoms with Crippen LogP contribution < -0.4 is 0 Å². The Morgan fingerprint density at radius 1 is 1.20 bits per heavy atom. The number of hydrogen-bond acceptors (Lipinski definition) is 4. The van der Waals surface area contributed by atoms with Gasteiger partial charge in [-0.05, 0) is 68.3 Å². The molecule has 4 aliphatic carbocycles. The maximum atomic E-state index is 12.2. The van der Waals surface area contributed by atoms with E-state index >= 15 is 0 Å². The summed E-state index contributed by atoms with van der Waals surface area (Å²) in [7, 11) is 0. The van der Waals surface area contributed by atoms with Crippen molar-refractivity contribution >= 4 is 11.6 Å². The van der Waals surface area contributed by atoms with Gasteiger partial charge < -0.3 is 10.2 Å². The average Bonchev–Trinajstić information content (AvgIpc) is 2.82. The van der Waals surface area contributed by atoms with Crippen molar-refractivity contribution in [1.29, 1.82) is 0 Å². The zero-order valence-electron chi connectivity index (χ0n) is 15.5. The lowest BCUT2D eigenvalue weighted by Gasteiger charge is -2.59. The van der Waals surface area contributed by atoms with Crippen LogP contribution in [0.3, 0.4) is 0 Å². The fourth-order valence-electron chi connectivity index (χ4n) is 7.20. The number of hydrogen-bond donors (Lipinski definition) is 2. The lowest BCUT2D eigenvalue weighted by Crippen LogP contribution is -2.58. The van der Waals surface area contributed by atoms with E-state index in [4.69, 9.17) is 0 Å². The minimum Gasteiger partial charge on any atom is -0.393 e. The van der Waals surface area contributed by atoms with Crippen molar-refractivity contribution in [2.75, 3.05) is 0 Å². The van der Waals surface area contributed by atoms with Gasteiger partial charge in [0.25, 0.3) is 0 Å². The van der Waals surface area contributed by atoms with Crippen LogP contribution in [0.5, 0.6) is 0 Å². The standard InChI is InChI=1S/C21H30O4/c1-11(22)15-9-17(24)19-14-5-4-12-8-13(23)6-7-20(12,2)16(14)10-18(25)21(15,19)3/h8,14-19,24-25H,4-7,9-10H2,1-3H3/t14-,15-,16+,17+,18-,19+,20+,21+/m1/s1. The first-order chi connectivity index (χ1) is 11.7. The molecule has 0 unspecified atom stereocenters. The van der Waals surface area contributed by atoms with Gasteiger partial charge in [-0.2, -0.15) is 0 Å². The quantitative estimate of drug-likeness (QED) is 0.765. The Kier molecular flexibility index (Phi) is 3.83. The first-order valence-electron chi connectivity index (χ1n) is 9.80. The zero-order valence-corrected chi connectivity index (χ0v) is 15.5. The molecule has 138 valence electrons. The minimum atomic E-state index is -0.571. The molecule has 4 aliphatic rings. The van der Waals surface area contributed by atoms with Gasteiger partial charge in [0.05, 0.1) is 12.2 Å². The molecule has 3 fully saturated rings. The minimum absolute atomic E-state index is 0.0221. The van der Waals surface area contributed by atoms with Crippen LogP contribution in [0, 0.1) is 34.5 Å². The second kappa shape index (κ2) is 5.50. The molecule has 3 saturated carbocycles. The van der Waals surface area contributed by atoms with E-state index in [0.717, 1.165) is 19.3 Å². The zero-order chi connectivity index (χ0) is 18.1. The Morgan fingerprint density at radius 3 is 2.60 bits per heavy atom. The molecule has 0 radical (unpaired) electrons. The van der Waals surface area contributed by atoms with E-state index in [1.807, 2.05) is 13.0 Å². The molecule has 0 aromatic carbocycles. The summed E-state index contributed by atoms with van der Waals surface area (Å²) in [5, 5.41) is 22.0. The molecule has 0 aromatic rings. The summed E-state index contributed by atoms with van der Waals surface area (Å²) in [6, 6.07) is 0. The summed E-state index contributed by atoms with van der Waals surface area (Å²) in [6.45, 7) is 5.87. The number of aliphatic hydroxyl groups is 2. The van der Waals surface area contributed by atoms with Crippen molar-refractivity contribution in [1.82, 2.24) is 0 Å². The number of rotatable bonds is 1. The van der Waals surface area contributed by atoms with Crippen LogP contribution in [0.2, 0.25) is 0 Å². The van der Waals surface area contributed by atoms with Crippen molar-refractivity contribution in [3.63, 3.8) is 0 Å². The Labute approximate surface area is 149 Å². The number of carbonyl (C=O) groups excluding carboxylic acids is 2. The topological polar surface area (TPSA) is 74.6 Å².